The molecular weight excluding hydrogens is 292 g/mol. The summed E-state index contributed by atoms with van der Waals surface area (Å²) in [6, 6.07) is 0. The highest BCUT2D eigenvalue weighted by Crippen LogP contribution is 2.44. The van der Waals surface area contributed by atoms with E-state index in [4.69, 9.17) is 0 Å². The number of hydrogen-bond donors (Lipinski definition) is 1. The first-order chi connectivity index (χ1) is 8.38. The second-order valence-electron chi connectivity index (χ2n) is 6.21. The molecule has 1 aliphatic carbocycles. The van der Waals surface area contributed by atoms with Crippen molar-refractivity contribution < 1.29 is 5.11 Å². The van der Waals surface area contributed by atoms with Crippen LogP contribution in [-0.2, 0) is 12.1 Å². The second kappa shape index (κ2) is 4.97. The van der Waals surface area contributed by atoms with Crippen molar-refractivity contribution >= 4 is 15.9 Å². The van der Waals surface area contributed by atoms with Crippen LogP contribution in [0.5, 0.6) is 0 Å². The van der Waals surface area contributed by atoms with E-state index in [9.17, 15) is 5.11 Å². The van der Waals surface area contributed by atoms with Gasteiger partial charge in [-0.1, -0.05) is 13.8 Å². The van der Waals surface area contributed by atoms with Crippen LogP contribution in [0, 0.1) is 5.41 Å². The summed E-state index contributed by atoms with van der Waals surface area (Å²) in [5.41, 5.74) is 0.579. The molecule has 1 atom stereocenters. The van der Waals surface area contributed by atoms with Gasteiger partial charge in [0.1, 0.15) is 5.60 Å². The summed E-state index contributed by atoms with van der Waals surface area (Å²) in [5.74, 6) is 0. The zero-order valence-electron chi connectivity index (χ0n) is 11.5. The molecule has 0 bridgehead atoms. The Morgan fingerprint density at radius 1 is 1.33 bits per heavy atom. The molecule has 1 aliphatic rings. The van der Waals surface area contributed by atoms with Crippen LogP contribution in [0.4, 0.5) is 0 Å². The van der Waals surface area contributed by atoms with Gasteiger partial charge in [-0.15, -0.1) is 0 Å². The van der Waals surface area contributed by atoms with Gasteiger partial charge in [-0.3, -0.25) is 4.68 Å². The van der Waals surface area contributed by atoms with E-state index in [1.54, 1.807) is 6.20 Å². The molecule has 1 heterocycles. The summed E-state index contributed by atoms with van der Waals surface area (Å²) < 4.78 is 2.86. The smallest absolute Gasteiger partial charge is 0.107 e. The van der Waals surface area contributed by atoms with Crippen molar-refractivity contribution in [1.29, 1.82) is 0 Å². The largest absolute Gasteiger partial charge is 0.384 e. The van der Waals surface area contributed by atoms with Crippen molar-refractivity contribution in [2.45, 2.75) is 65.0 Å². The Morgan fingerprint density at radius 2 is 2.06 bits per heavy atom. The van der Waals surface area contributed by atoms with Gasteiger partial charge in [-0.2, -0.15) is 5.10 Å². The van der Waals surface area contributed by atoms with Crippen molar-refractivity contribution in [2.75, 3.05) is 0 Å². The first-order valence-corrected chi connectivity index (χ1v) is 7.61. The van der Waals surface area contributed by atoms with Gasteiger partial charge in [0.2, 0.25) is 0 Å². The molecule has 1 N–H and O–H groups in total. The molecule has 0 aliphatic heterocycles. The SMILES string of the molecule is CCn1ncc(Br)c1C1(O)CCCC(C)(C)CC1. The van der Waals surface area contributed by atoms with E-state index in [1.165, 1.54) is 6.42 Å². The molecule has 3 nitrogen and oxygen atoms in total. The predicted molar refractivity (Wildman–Crippen MR) is 76.4 cm³/mol. The van der Waals surface area contributed by atoms with Crippen LogP contribution in [0.3, 0.4) is 0 Å². The number of hydrogen-bond acceptors (Lipinski definition) is 2. The molecule has 102 valence electrons. The number of rotatable bonds is 2. The Balaban J connectivity index is 2.33. The maximum absolute atomic E-state index is 11.0. The third-order valence-corrected chi connectivity index (χ3v) is 4.77. The topological polar surface area (TPSA) is 38.0 Å². The lowest BCUT2D eigenvalue weighted by Crippen LogP contribution is -2.29. The average Bonchev–Trinajstić information content (AvgIpc) is 2.62. The van der Waals surface area contributed by atoms with Gasteiger partial charge in [-0.25, -0.2) is 0 Å². The van der Waals surface area contributed by atoms with Crippen LogP contribution in [0.1, 0.15) is 58.6 Å². The summed E-state index contributed by atoms with van der Waals surface area (Å²) in [6.45, 7) is 7.45. The number of aryl methyl sites for hydroxylation is 1. The Morgan fingerprint density at radius 3 is 2.72 bits per heavy atom. The molecule has 0 radical (unpaired) electrons. The Kier molecular flexibility index (Phi) is 3.88. The maximum atomic E-state index is 11.0. The summed E-state index contributed by atoms with van der Waals surface area (Å²) in [4.78, 5) is 0. The molecule has 1 unspecified atom stereocenters. The standard InChI is InChI=1S/C14H23BrN2O/c1-4-17-12(11(15)10-16-17)14(18)7-5-6-13(2,3)8-9-14/h10,18H,4-9H2,1-3H3. The van der Waals surface area contributed by atoms with Gasteiger partial charge in [0.05, 0.1) is 16.4 Å². The summed E-state index contributed by atoms with van der Waals surface area (Å²) in [6.07, 6.45) is 6.78. The minimum Gasteiger partial charge on any atom is -0.384 e. The fourth-order valence-electron chi connectivity index (χ4n) is 2.96. The molecule has 2 rings (SSSR count). The highest BCUT2D eigenvalue weighted by Gasteiger charge is 2.38. The number of aromatic nitrogens is 2. The number of aliphatic hydroxyl groups is 1. The molecule has 0 spiro atoms. The summed E-state index contributed by atoms with van der Waals surface area (Å²) in [7, 11) is 0. The van der Waals surface area contributed by atoms with E-state index in [0.29, 0.717) is 5.41 Å². The van der Waals surface area contributed by atoms with Crippen molar-refractivity contribution in [1.82, 2.24) is 9.78 Å². The van der Waals surface area contributed by atoms with Gasteiger partial charge < -0.3 is 5.11 Å². The minimum atomic E-state index is -0.723. The quantitative estimate of drug-likeness (QED) is 0.842. The van der Waals surface area contributed by atoms with Crippen LogP contribution in [0.25, 0.3) is 0 Å². The van der Waals surface area contributed by atoms with Crippen molar-refractivity contribution in [3.63, 3.8) is 0 Å². The van der Waals surface area contributed by atoms with Gasteiger partial charge in [0, 0.05) is 6.54 Å². The molecular formula is C14H23BrN2O. The normalized spacial score (nSPS) is 28.1. The molecule has 0 aromatic carbocycles. The van der Waals surface area contributed by atoms with Gasteiger partial charge in [0.15, 0.2) is 0 Å². The zero-order valence-corrected chi connectivity index (χ0v) is 13.1. The third-order valence-electron chi connectivity index (χ3n) is 4.19. The molecule has 1 saturated carbocycles. The van der Waals surface area contributed by atoms with Crippen molar-refractivity contribution in [2.24, 2.45) is 5.41 Å². The number of halogens is 1. The highest BCUT2D eigenvalue weighted by atomic mass is 79.9. The molecule has 1 aromatic heterocycles. The van der Waals surface area contributed by atoms with Crippen LogP contribution in [-0.4, -0.2) is 14.9 Å². The van der Waals surface area contributed by atoms with Crippen LogP contribution < -0.4 is 0 Å². The van der Waals surface area contributed by atoms with Gasteiger partial charge >= 0.3 is 0 Å². The fraction of sp³-hybridized carbons (Fsp3) is 0.786. The van der Waals surface area contributed by atoms with E-state index in [2.05, 4.69) is 41.8 Å². The minimum absolute atomic E-state index is 0.341. The Bertz CT molecular complexity index is 427. The summed E-state index contributed by atoms with van der Waals surface area (Å²) >= 11 is 3.54. The van der Waals surface area contributed by atoms with Crippen molar-refractivity contribution in [3.8, 4) is 0 Å². The molecule has 1 aromatic rings. The Hall–Kier alpha value is -0.350. The van der Waals surface area contributed by atoms with E-state index < -0.39 is 5.60 Å². The monoisotopic (exact) mass is 314 g/mol. The van der Waals surface area contributed by atoms with Crippen LogP contribution in [0.15, 0.2) is 10.7 Å². The highest BCUT2D eigenvalue weighted by molar-refractivity contribution is 9.10. The van der Waals surface area contributed by atoms with Gasteiger partial charge in [0.25, 0.3) is 0 Å². The lowest BCUT2D eigenvalue weighted by molar-refractivity contribution is 0.00874. The predicted octanol–water partition coefficient (Wildman–Crippen LogP) is 3.84. The zero-order chi connectivity index (χ0) is 13.4. The fourth-order valence-corrected chi connectivity index (χ4v) is 3.62. The number of nitrogens with zero attached hydrogens (tertiary/aromatic N) is 2. The second-order valence-corrected chi connectivity index (χ2v) is 7.06. The van der Waals surface area contributed by atoms with E-state index in [-0.39, 0.29) is 0 Å². The first-order valence-electron chi connectivity index (χ1n) is 6.82. The third kappa shape index (κ3) is 2.64. The first kappa shape index (κ1) is 14.1. The van der Waals surface area contributed by atoms with E-state index in [1.807, 2.05) is 4.68 Å². The van der Waals surface area contributed by atoms with E-state index >= 15 is 0 Å². The molecule has 0 amide bonds. The molecule has 18 heavy (non-hydrogen) atoms. The lowest BCUT2D eigenvalue weighted by Gasteiger charge is -2.29. The van der Waals surface area contributed by atoms with Crippen LogP contribution in [0.2, 0.25) is 0 Å². The maximum Gasteiger partial charge on any atom is 0.107 e. The van der Waals surface area contributed by atoms with Gasteiger partial charge in [-0.05, 0) is 60.4 Å². The average molecular weight is 315 g/mol. The Labute approximate surface area is 118 Å². The molecule has 0 saturated heterocycles. The molecule has 1 fully saturated rings. The summed E-state index contributed by atoms with van der Waals surface area (Å²) in [5, 5.41) is 15.4. The lowest BCUT2D eigenvalue weighted by atomic mass is 9.83. The molecule has 4 heteroatoms. The van der Waals surface area contributed by atoms with Crippen molar-refractivity contribution in [3.05, 3.63) is 16.4 Å². The van der Waals surface area contributed by atoms with E-state index in [0.717, 1.165) is 42.4 Å². The van der Waals surface area contributed by atoms with Crippen LogP contribution >= 0.6 is 15.9 Å².